The molecule has 0 aliphatic rings. The van der Waals surface area contributed by atoms with Gasteiger partial charge in [-0.25, -0.2) is 4.79 Å². The first-order valence-electron chi connectivity index (χ1n) is 4.98. The maximum Gasteiger partial charge on any atom is 0.355 e. The number of thiophene rings is 1. The molecule has 0 spiro atoms. The molecule has 0 bridgehead atoms. The number of rotatable bonds is 3. The number of nitro groups is 1. The van der Waals surface area contributed by atoms with Gasteiger partial charge in [0, 0.05) is 4.70 Å². The molecule has 0 amide bonds. The molecule has 1 aromatic carbocycles. The molecule has 17 heavy (non-hydrogen) atoms. The predicted octanol–water partition coefficient (Wildman–Crippen LogP) is 2.99. The third kappa shape index (κ3) is 1.99. The Bertz CT molecular complexity index is 590. The first-order valence-corrected chi connectivity index (χ1v) is 5.79. The van der Waals surface area contributed by atoms with Gasteiger partial charge in [-0.15, -0.1) is 11.3 Å². The van der Waals surface area contributed by atoms with Crippen LogP contribution in [-0.4, -0.2) is 17.5 Å². The third-order valence-corrected chi connectivity index (χ3v) is 3.35. The summed E-state index contributed by atoms with van der Waals surface area (Å²) in [6.45, 7) is 1.86. The molecule has 1 aromatic heterocycles. The van der Waals surface area contributed by atoms with E-state index in [9.17, 15) is 14.9 Å². The normalized spacial score (nSPS) is 10.4. The molecule has 1 heterocycles. The van der Waals surface area contributed by atoms with Gasteiger partial charge in [0.05, 0.1) is 16.9 Å². The molecule has 2 rings (SSSR count). The van der Waals surface area contributed by atoms with E-state index in [1.54, 1.807) is 31.2 Å². The molecule has 0 aliphatic carbocycles. The van der Waals surface area contributed by atoms with Crippen molar-refractivity contribution >= 4 is 33.1 Å². The Morgan fingerprint density at radius 3 is 2.82 bits per heavy atom. The topological polar surface area (TPSA) is 69.4 Å². The van der Waals surface area contributed by atoms with Crippen LogP contribution in [0, 0.1) is 10.1 Å². The monoisotopic (exact) mass is 251 g/mol. The fourth-order valence-electron chi connectivity index (χ4n) is 1.55. The average molecular weight is 251 g/mol. The number of benzene rings is 1. The summed E-state index contributed by atoms with van der Waals surface area (Å²) in [6, 6.07) is 6.86. The summed E-state index contributed by atoms with van der Waals surface area (Å²) in [6.07, 6.45) is 0. The van der Waals surface area contributed by atoms with Crippen LogP contribution >= 0.6 is 11.3 Å². The lowest BCUT2D eigenvalue weighted by Gasteiger charge is -1.97. The molecule has 6 heteroatoms. The molecule has 2 aromatic rings. The number of esters is 1. The quantitative estimate of drug-likeness (QED) is 0.477. The zero-order chi connectivity index (χ0) is 12.4. The molecule has 0 atom stereocenters. The molecular formula is C11H9NO4S. The van der Waals surface area contributed by atoms with Crippen LogP contribution in [0.2, 0.25) is 0 Å². The third-order valence-electron chi connectivity index (χ3n) is 2.21. The number of ether oxygens (including phenoxy) is 1. The van der Waals surface area contributed by atoms with Gasteiger partial charge in [-0.05, 0) is 19.1 Å². The first kappa shape index (κ1) is 11.5. The Kier molecular flexibility index (Phi) is 3.06. The number of carbonyl (C=O) groups excluding carboxylic acids is 1. The van der Waals surface area contributed by atoms with Crippen LogP contribution in [-0.2, 0) is 4.74 Å². The van der Waals surface area contributed by atoms with Gasteiger partial charge in [0.25, 0.3) is 0 Å². The number of hydrogen-bond acceptors (Lipinski definition) is 5. The van der Waals surface area contributed by atoms with Gasteiger partial charge in [-0.3, -0.25) is 10.1 Å². The maximum absolute atomic E-state index is 11.6. The highest BCUT2D eigenvalue weighted by Gasteiger charge is 2.27. The number of hydrogen-bond donors (Lipinski definition) is 0. The lowest BCUT2D eigenvalue weighted by atomic mass is 10.2. The Hall–Kier alpha value is -1.95. The van der Waals surface area contributed by atoms with E-state index < -0.39 is 10.9 Å². The second kappa shape index (κ2) is 4.50. The summed E-state index contributed by atoms with van der Waals surface area (Å²) in [4.78, 5) is 22.2. The van der Waals surface area contributed by atoms with E-state index in [2.05, 4.69) is 0 Å². The van der Waals surface area contributed by atoms with Crippen molar-refractivity contribution in [3.05, 3.63) is 39.3 Å². The number of carbonyl (C=O) groups is 1. The van der Waals surface area contributed by atoms with E-state index in [1.807, 2.05) is 0 Å². The second-order valence-electron chi connectivity index (χ2n) is 3.25. The van der Waals surface area contributed by atoms with Gasteiger partial charge in [0.15, 0.2) is 4.88 Å². The lowest BCUT2D eigenvalue weighted by molar-refractivity contribution is -0.383. The Morgan fingerprint density at radius 1 is 1.47 bits per heavy atom. The number of fused-ring (bicyclic) bond motifs is 1. The van der Waals surface area contributed by atoms with E-state index in [1.165, 1.54) is 0 Å². The Balaban J connectivity index is 2.66. The van der Waals surface area contributed by atoms with E-state index in [-0.39, 0.29) is 17.2 Å². The van der Waals surface area contributed by atoms with Crippen molar-refractivity contribution in [3.8, 4) is 0 Å². The van der Waals surface area contributed by atoms with Crippen LogP contribution < -0.4 is 0 Å². The van der Waals surface area contributed by atoms with Crippen LogP contribution in [0.5, 0.6) is 0 Å². The standard InChI is InChI=1S/C11H9NO4S/c1-2-16-11(13)10-9(12(14)15)7-5-3-4-6-8(7)17-10/h3-6H,2H2,1H3. The molecule has 0 N–H and O–H groups in total. The van der Waals surface area contributed by atoms with Gasteiger partial charge in [-0.2, -0.15) is 0 Å². The Morgan fingerprint density at radius 2 is 2.18 bits per heavy atom. The summed E-state index contributed by atoms with van der Waals surface area (Å²) < 4.78 is 5.53. The minimum atomic E-state index is -0.639. The summed E-state index contributed by atoms with van der Waals surface area (Å²) in [5, 5.41) is 11.5. The van der Waals surface area contributed by atoms with Crippen LogP contribution in [0.4, 0.5) is 5.69 Å². The fraction of sp³-hybridized carbons (Fsp3) is 0.182. The van der Waals surface area contributed by atoms with Crippen LogP contribution in [0.1, 0.15) is 16.6 Å². The smallest absolute Gasteiger partial charge is 0.355 e. The molecular weight excluding hydrogens is 242 g/mol. The summed E-state index contributed by atoms with van der Waals surface area (Å²) >= 11 is 1.08. The van der Waals surface area contributed by atoms with E-state index in [4.69, 9.17) is 4.74 Å². The molecule has 0 aliphatic heterocycles. The molecule has 0 saturated heterocycles. The van der Waals surface area contributed by atoms with Crippen molar-refractivity contribution in [1.82, 2.24) is 0 Å². The minimum Gasteiger partial charge on any atom is -0.462 e. The predicted molar refractivity (Wildman–Crippen MR) is 64.4 cm³/mol. The van der Waals surface area contributed by atoms with Crippen molar-refractivity contribution in [1.29, 1.82) is 0 Å². The molecule has 5 nitrogen and oxygen atoms in total. The Labute approximate surface area is 101 Å². The summed E-state index contributed by atoms with van der Waals surface area (Å²) in [5.74, 6) is -0.639. The molecule has 0 fully saturated rings. The van der Waals surface area contributed by atoms with Crippen molar-refractivity contribution in [3.63, 3.8) is 0 Å². The summed E-state index contributed by atoms with van der Waals surface area (Å²) in [7, 11) is 0. The largest absolute Gasteiger partial charge is 0.462 e. The van der Waals surface area contributed by atoms with Gasteiger partial charge in [0.2, 0.25) is 0 Å². The molecule has 0 saturated carbocycles. The SMILES string of the molecule is CCOC(=O)c1sc2ccccc2c1[N+](=O)[O-]. The van der Waals surface area contributed by atoms with Crippen molar-refractivity contribution < 1.29 is 14.5 Å². The molecule has 0 unspecified atom stereocenters. The van der Waals surface area contributed by atoms with E-state index in [0.29, 0.717) is 10.1 Å². The zero-order valence-corrected chi connectivity index (χ0v) is 9.82. The van der Waals surface area contributed by atoms with Crippen molar-refractivity contribution in [2.75, 3.05) is 6.61 Å². The maximum atomic E-state index is 11.6. The van der Waals surface area contributed by atoms with Gasteiger partial charge >= 0.3 is 11.7 Å². The zero-order valence-electron chi connectivity index (χ0n) is 9.00. The van der Waals surface area contributed by atoms with Gasteiger partial charge < -0.3 is 4.74 Å². The second-order valence-corrected chi connectivity index (χ2v) is 4.31. The molecule has 88 valence electrons. The van der Waals surface area contributed by atoms with Crippen LogP contribution in [0.3, 0.4) is 0 Å². The summed E-state index contributed by atoms with van der Waals surface area (Å²) in [5.41, 5.74) is -0.163. The highest BCUT2D eigenvalue weighted by atomic mass is 32.1. The van der Waals surface area contributed by atoms with Crippen LogP contribution in [0.15, 0.2) is 24.3 Å². The van der Waals surface area contributed by atoms with Crippen LogP contribution in [0.25, 0.3) is 10.1 Å². The fourth-order valence-corrected chi connectivity index (χ4v) is 2.61. The molecule has 0 radical (unpaired) electrons. The van der Waals surface area contributed by atoms with Gasteiger partial charge in [-0.1, -0.05) is 12.1 Å². The lowest BCUT2D eigenvalue weighted by Crippen LogP contribution is -2.04. The minimum absolute atomic E-state index is 0.0538. The highest BCUT2D eigenvalue weighted by Crippen LogP contribution is 2.37. The van der Waals surface area contributed by atoms with Crippen molar-refractivity contribution in [2.24, 2.45) is 0 Å². The number of nitrogens with zero attached hydrogens (tertiary/aromatic N) is 1. The first-order chi connectivity index (χ1) is 8.15. The van der Waals surface area contributed by atoms with Crippen molar-refractivity contribution in [2.45, 2.75) is 6.92 Å². The average Bonchev–Trinajstić information content (AvgIpc) is 2.68. The van der Waals surface area contributed by atoms with Gasteiger partial charge in [0.1, 0.15) is 0 Å². The van der Waals surface area contributed by atoms with E-state index >= 15 is 0 Å². The highest BCUT2D eigenvalue weighted by molar-refractivity contribution is 7.21. The van der Waals surface area contributed by atoms with E-state index in [0.717, 1.165) is 11.3 Å².